The van der Waals surface area contributed by atoms with Gasteiger partial charge in [-0.25, -0.2) is 4.98 Å². The van der Waals surface area contributed by atoms with Gasteiger partial charge in [0.25, 0.3) is 5.78 Å². The van der Waals surface area contributed by atoms with Crippen molar-refractivity contribution in [3.05, 3.63) is 17.6 Å². The Balaban J connectivity index is 1.83. The van der Waals surface area contributed by atoms with Crippen LogP contribution in [0.4, 0.5) is 5.82 Å². The summed E-state index contributed by atoms with van der Waals surface area (Å²) in [5.74, 6) is 7.79. The van der Waals surface area contributed by atoms with Crippen molar-refractivity contribution in [2.45, 2.75) is 59.0 Å². The third-order valence-corrected chi connectivity index (χ3v) is 7.16. The maximum atomic E-state index is 11.4. The SMILES string of the molecule is CCc1nc2ncnn2c(N)c1C#C[C@]1(O)C[C@@H]2CCC1(C)C2(C)C. The molecule has 2 aliphatic rings. The van der Waals surface area contributed by atoms with E-state index in [1.807, 2.05) is 6.92 Å². The average Bonchev–Trinajstić information content (AvgIpc) is 3.16. The number of aryl methyl sites for hydroxylation is 1. The fraction of sp³-hybridized carbons (Fsp3) is 0.632. The van der Waals surface area contributed by atoms with Gasteiger partial charge in [0.05, 0.1) is 11.3 Å². The molecule has 0 aromatic carbocycles. The van der Waals surface area contributed by atoms with Gasteiger partial charge >= 0.3 is 0 Å². The lowest BCUT2D eigenvalue weighted by atomic mass is 9.64. The van der Waals surface area contributed by atoms with E-state index in [0.29, 0.717) is 29.5 Å². The largest absolute Gasteiger partial charge is 0.382 e. The average molecular weight is 339 g/mol. The number of nitrogen functional groups attached to an aromatic ring is 1. The molecule has 1 unspecified atom stereocenters. The highest BCUT2D eigenvalue weighted by Gasteiger charge is 2.68. The summed E-state index contributed by atoms with van der Waals surface area (Å²) in [4.78, 5) is 8.61. The van der Waals surface area contributed by atoms with E-state index in [1.165, 1.54) is 17.3 Å². The number of hydrogen-bond donors (Lipinski definition) is 2. The topological polar surface area (TPSA) is 89.3 Å². The molecule has 4 rings (SSSR count). The lowest BCUT2D eigenvalue weighted by molar-refractivity contribution is -0.0432. The highest BCUT2D eigenvalue weighted by Crippen LogP contribution is 2.69. The van der Waals surface area contributed by atoms with Crippen molar-refractivity contribution in [1.29, 1.82) is 0 Å². The highest BCUT2D eigenvalue weighted by atomic mass is 16.3. The molecular weight excluding hydrogens is 314 g/mol. The normalized spacial score (nSPS) is 32.8. The van der Waals surface area contributed by atoms with E-state index in [0.717, 1.165) is 18.5 Å². The predicted octanol–water partition coefficient (Wildman–Crippen LogP) is 2.20. The molecule has 2 saturated carbocycles. The minimum atomic E-state index is -0.992. The van der Waals surface area contributed by atoms with Crippen LogP contribution in [0.15, 0.2) is 6.33 Å². The quantitative estimate of drug-likeness (QED) is 0.778. The standard InChI is InChI=1S/C19H25N5O/c1-5-14-13(15(20)24-16(23-14)21-11-22-24)7-9-19(25)10-12-6-8-18(19,4)17(12,2)3/h11-12,25H,5-6,8,10,20H2,1-4H3/t12-,18?,19-/m0/s1. The second-order valence-corrected chi connectivity index (χ2v) is 8.25. The molecule has 2 aromatic rings. The Labute approximate surface area is 147 Å². The van der Waals surface area contributed by atoms with E-state index in [-0.39, 0.29) is 10.8 Å². The Hall–Kier alpha value is -2.13. The number of nitrogens with zero attached hydrogens (tertiary/aromatic N) is 4. The Kier molecular flexibility index (Phi) is 3.24. The Bertz CT molecular complexity index is 921. The number of hydrogen-bond acceptors (Lipinski definition) is 5. The molecule has 3 atom stereocenters. The summed E-state index contributed by atoms with van der Waals surface area (Å²) >= 11 is 0. The Morgan fingerprint density at radius 1 is 1.40 bits per heavy atom. The summed E-state index contributed by atoms with van der Waals surface area (Å²) in [5, 5.41) is 15.5. The van der Waals surface area contributed by atoms with Gasteiger partial charge < -0.3 is 10.8 Å². The van der Waals surface area contributed by atoms with Crippen LogP contribution >= 0.6 is 0 Å². The van der Waals surface area contributed by atoms with Crippen molar-refractivity contribution < 1.29 is 5.11 Å². The van der Waals surface area contributed by atoms with Gasteiger partial charge in [0.1, 0.15) is 17.7 Å². The lowest BCUT2D eigenvalue weighted by Crippen LogP contribution is -2.46. The maximum absolute atomic E-state index is 11.4. The van der Waals surface area contributed by atoms with Crippen LogP contribution in [-0.2, 0) is 6.42 Å². The van der Waals surface area contributed by atoms with Crippen LogP contribution in [-0.4, -0.2) is 30.3 Å². The fourth-order valence-corrected chi connectivity index (χ4v) is 4.93. The highest BCUT2D eigenvalue weighted by molar-refractivity contribution is 5.58. The van der Waals surface area contributed by atoms with Gasteiger partial charge in [0.15, 0.2) is 0 Å². The number of fused-ring (bicyclic) bond motifs is 3. The van der Waals surface area contributed by atoms with Crippen molar-refractivity contribution in [2.24, 2.45) is 16.7 Å². The van der Waals surface area contributed by atoms with Crippen molar-refractivity contribution in [1.82, 2.24) is 19.6 Å². The zero-order chi connectivity index (χ0) is 18.0. The number of aromatic nitrogens is 4. The van der Waals surface area contributed by atoms with Crippen LogP contribution in [0.3, 0.4) is 0 Å². The minimum Gasteiger partial charge on any atom is -0.382 e. The number of rotatable bonds is 1. The molecule has 2 bridgehead atoms. The van der Waals surface area contributed by atoms with Gasteiger partial charge in [-0.2, -0.15) is 14.6 Å². The summed E-state index contributed by atoms with van der Waals surface area (Å²) in [6.07, 6.45) is 5.03. The molecule has 0 saturated heterocycles. The minimum absolute atomic E-state index is 0.0870. The third-order valence-electron chi connectivity index (χ3n) is 7.16. The molecule has 25 heavy (non-hydrogen) atoms. The molecule has 6 heteroatoms. The Morgan fingerprint density at radius 3 is 2.76 bits per heavy atom. The molecule has 0 aliphatic heterocycles. The first kappa shape index (κ1) is 16.3. The molecule has 2 fully saturated rings. The van der Waals surface area contributed by atoms with Crippen LogP contribution in [0.25, 0.3) is 5.78 Å². The van der Waals surface area contributed by atoms with E-state index >= 15 is 0 Å². The van der Waals surface area contributed by atoms with Crippen LogP contribution < -0.4 is 5.73 Å². The molecule has 0 amide bonds. The van der Waals surface area contributed by atoms with Gasteiger partial charge in [-0.3, -0.25) is 0 Å². The molecule has 2 heterocycles. The van der Waals surface area contributed by atoms with Crippen LogP contribution in [0.1, 0.15) is 58.2 Å². The van der Waals surface area contributed by atoms with E-state index in [9.17, 15) is 5.11 Å². The molecule has 0 radical (unpaired) electrons. The summed E-state index contributed by atoms with van der Waals surface area (Å²) in [6, 6.07) is 0. The predicted molar refractivity (Wildman–Crippen MR) is 95.6 cm³/mol. The molecule has 3 N–H and O–H groups in total. The smallest absolute Gasteiger partial charge is 0.254 e. The lowest BCUT2D eigenvalue weighted by Gasteiger charge is -2.42. The van der Waals surface area contributed by atoms with Gasteiger partial charge in [-0.1, -0.05) is 39.5 Å². The van der Waals surface area contributed by atoms with E-state index in [1.54, 1.807) is 0 Å². The van der Waals surface area contributed by atoms with Gasteiger partial charge in [0.2, 0.25) is 0 Å². The number of anilines is 1. The summed E-state index contributed by atoms with van der Waals surface area (Å²) in [7, 11) is 0. The van der Waals surface area contributed by atoms with E-state index in [2.05, 4.69) is 47.7 Å². The molecule has 6 nitrogen and oxygen atoms in total. The zero-order valence-electron chi connectivity index (χ0n) is 15.3. The number of aliphatic hydroxyl groups is 1. The van der Waals surface area contributed by atoms with Crippen LogP contribution in [0.5, 0.6) is 0 Å². The van der Waals surface area contributed by atoms with Crippen molar-refractivity contribution in [2.75, 3.05) is 5.73 Å². The van der Waals surface area contributed by atoms with Gasteiger partial charge in [0, 0.05) is 5.41 Å². The van der Waals surface area contributed by atoms with Gasteiger partial charge in [-0.15, -0.1) is 0 Å². The maximum Gasteiger partial charge on any atom is 0.254 e. The zero-order valence-corrected chi connectivity index (χ0v) is 15.3. The summed E-state index contributed by atoms with van der Waals surface area (Å²) < 4.78 is 1.50. The fourth-order valence-electron chi connectivity index (χ4n) is 4.93. The number of nitrogens with two attached hydrogens (primary N) is 1. The first-order valence-electron chi connectivity index (χ1n) is 8.97. The molecular formula is C19H25N5O. The van der Waals surface area contributed by atoms with E-state index in [4.69, 9.17) is 5.73 Å². The molecule has 2 aromatic heterocycles. The molecule has 132 valence electrons. The second-order valence-electron chi connectivity index (χ2n) is 8.25. The molecule has 2 aliphatic carbocycles. The van der Waals surface area contributed by atoms with Gasteiger partial charge in [-0.05, 0) is 37.0 Å². The third kappa shape index (κ3) is 1.93. The first-order chi connectivity index (χ1) is 11.7. The monoisotopic (exact) mass is 339 g/mol. The summed E-state index contributed by atoms with van der Waals surface area (Å²) in [5.41, 5.74) is 6.60. The first-order valence-corrected chi connectivity index (χ1v) is 8.97. The van der Waals surface area contributed by atoms with Crippen LogP contribution in [0, 0.1) is 28.6 Å². The van der Waals surface area contributed by atoms with Crippen LogP contribution in [0.2, 0.25) is 0 Å². The Morgan fingerprint density at radius 2 is 2.16 bits per heavy atom. The second kappa shape index (κ2) is 4.95. The van der Waals surface area contributed by atoms with Crippen molar-refractivity contribution in [3.63, 3.8) is 0 Å². The van der Waals surface area contributed by atoms with Crippen molar-refractivity contribution in [3.8, 4) is 11.8 Å². The van der Waals surface area contributed by atoms with E-state index < -0.39 is 5.60 Å². The molecule has 0 spiro atoms. The summed E-state index contributed by atoms with van der Waals surface area (Å²) in [6.45, 7) is 8.71. The van der Waals surface area contributed by atoms with Crippen molar-refractivity contribution >= 4 is 11.6 Å².